The Hall–Kier alpha value is -2.87. The van der Waals surface area contributed by atoms with Crippen molar-refractivity contribution >= 4 is 11.6 Å². The molecule has 106 valence electrons. The fourth-order valence-electron chi connectivity index (χ4n) is 1.71. The molecule has 2 aromatic carbocycles. The summed E-state index contributed by atoms with van der Waals surface area (Å²) < 4.78 is 18.7. The Morgan fingerprint density at radius 3 is 2.62 bits per heavy atom. The summed E-state index contributed by atoms with van der Waals surface area (Å²) in [6.45, 7) is 1.51. The molecule has 1 N–H and O–H groups in total. The Morgan fingerprint density at radius 2 is 1.90 bits per heavy atom. The lowest BCUT2D eigenvalue weighted by molar-refractivity contribution is -0.122. The van der Waals surface area contributed by atoms with E-state index in [2.05, 4.69) is 5.32 Å². The number of halogens is 1. The van der Waals surface area contributed by atoms with Gasteiger partial charge in [0.1, 0.15) is 6.07 Å². The lowest BCUT2D eigenvalue weighted by atomic mass is 10.2. The van der Waals surface area contributed by atoms with Crippen molar-refractivity contribution in [3.05, 3.63) is 59.9 Å². The molecule has 1 amide bonds. The molecule has 0 aliphatic heterocycles. The Balaban J connectivity index is 2.07. The molecule has 1 atom stereocenters. The Morgan fingerprint density at radius 1 is 1.24 bits per heavy atom. The molecule has 0 spiro atoms. The minimum atomic E-state index is -0.895. The first-order chi connectivity index (χ1) is 10.1. The van der Waals surface area contributed by atoms with Crippen LogP contribution in [0.3, 0.4) is 0 Å². The number of hydrogen-bond donors (Lipinski definition) is 1. The van der Waals surface area contributed by atoms with Crippen LogP contribution in [0.2, 0.25) is 0 Å². The van der Waals surface area contributed by atoms with Gasteiger partial charge in [-0.1, -0.05) is 24.3 Å². The minimum absolute atomic E-state index is 0.00807. The molecule has 5 heteroatoms. The number of anilines is 1. The minimum Gasteiger partial charge on any atom is -0.478 e. The van der Waals surface area contributed by atoms with E-state index in [1.54, 1.807) is 30.3 Å². The van der Waals surface area contributed by atoms with Crippen molar-refractivity contribution in [2.75, 3.05) is 5.32 Å². The fraction of sp³-hybridized carbons (Fsp3) is 0.125. The lowest BCUT2D eigenvalue weighted by Crippen LogP contribution is -2.30. The maximum absolute atomic E-state index is 13.5. The summed E-state index contributed by atoms with van der Waals surface area (Å²) in [7, 11) is 0. The van der Waals surface area contributed by atoms with Gasteiger partial charge in [0.15, 0.2) is 17.7 Å². The van der Waals surface area contributed by atoms with Crippen molar-refractivity contribution in [1.82, 2.24) is 0 Å². The molecule has 0 saturated heterocycles. The van der Waals surface area contributed by atoms with Crippen LogP contribution in [0.25, 0.3) is 0 Å². The molecule has 0 heterocycles. The van der Waals surface area contributed by atoms with Crippen LogP contribution in [-0.4, -0.2) is 12.0 Å². The maximum Gasteiger partial charge on any atom is 0.265 e. The summed E-state index contributed by atoms with van der Waals surface area (Å²) in [6.07, 6.45) is -0.895. The van der Waals surface area contributed by atoms with E-state index < -0.39 is 17.8 Å². The third kappa shape index (κ3) is 3.57. The first kappa shape index (κ1) is 14.5. The van der Waals surface area contributed by atoms with Crippen LogP contribution in [0.4, 0.5) is 10.1 Å². The van der Waals surface area contributed by atoms with Gasteiger partial charge >= 0.3 is 0 Å². The van der Waals surface area contributed by atoms with Crippen LogP contribution in [0.15, 0.2) is 48.5 Å². The molecule has 2 aromatic rings. The van der Waals surface area contributed by atoms with Crippen LogP contribution in [-0.2, 0) is 4.79 Å². The molecule has 0 aliphatic carbocycles. The van der Waals surface area contributed by atoms with E-state index in [4.69, 9.17) is 10.00 Å². The summed E-state index contributed by atoms with van der Waals surface area (Å²) in [5.41, 5.74) is 0.748. The quantitative estimate of drug-likeness (QED) is 0.938. The third-order valence-electron chi connectivity index (χ3n) is 2.82. The molecule has 2 rings (SSSR count). The maximum atomic E-state index is 13.5. The third-order valence-corrected chi connectivity index (χ3v) is 2.82. The van der Waals surface area contributed by atoms with Gasteiger partial charge in [-0.05, 0) is 31.2 Å². The summed E-state index contributed by atoms with van der Waals surface area (Å²) in [5.74, 6) is -0.982. The highest BCUT2D eigenvalue weighted by Crippen LogP contribution is 2.18. The Kier molecular flexibility index (Phi) is 4.52. The average Bonchev–Trinajstić information content (AvgIpc) is 2.50. The highest BCUT2D eigenvalue weighted by Gasteiger charge is 2.17. The number of nitrogens with one attached hydrogen (secondary N) is 1. The number of para-hydroxylation sites is 2. The monoisotopic (exact) mass is 284 g/mol. The van der Waals surface area contributed by atoms with E-state index in [1.807, 2.05) is 6.07 Å². The molecule has 0 radical (unpaired) electrons. The number of nitriles is 1. The van der Waals surface area contributed by atoms with Crippen molar-refractivity contribution in [1.29, 1.82) is 5.26 Å². The molecule has 21 heavy (non-hydrogen) atoms. The molecular weight excluding hydrogens is 271 g/mol. The summed E-state index contributed by atoms with van der Waals surface area (Å²) in [5, 5.41) is 11.6. The zero-order valence-electron chi connectivity index (χ0n) is 11.3. The smallest absolute Gasteiger partial charge is 0.265 e. The van der Waals surface area contributed by atoms with E-state index >= 15 is 0 Å². The summed E-state index contributed by atoms with van der Waals surface area (Å²) in [6, 6.07) is 14.5. The van der Waals surface area contributed by atoms with Crippen molar-refractivity contribution in [2.24, 2.45) is 0 Å². The largest absolute Gasteiger partial charge is 0.478 e. The molecule has 0 bridgehead atoms. The summed E-state index contributed by atoms with van der Waals surface area (Å²) in [4.78, 5) is 12.0. The van der Waals surface area contributed by atoms with Crippen LogP contribution in [0.1, 0.15) is 12.5 Å². The molecule has 0 aliphatic rings. The van der Waals surface area contributed by atoms with Gasteiger partial charge in [0, 0.05) is 0 Å². The van der Waals surface area contributed by atoms with Crippen LogP contribution in [0.5, 0.6) is 5.75 Å². The average molecular weight is 284 g/mol. The van der Waals surface area contributed by atoms with Gasteiger partial charge in [-0.25, -0.2) is 4.39 Å². The second-order valence-electron chi connectivity index (χ2n) is 4.34. The number of carbonyl (C=O) groups is 1. The predicted molar refractivity (Wildman–Crippen MR) is 76.3 cm³/mol. The SMILES string of the molecule is CC(Oc1ccccc1F)C(=O)Nc1ccccc1C#N. The zero-order chi connectivity index (χ0) is 15.2. The molecule has 0 fully saturated rings. The molecule has 1 unspecified atom stereocenters. The normalized spacial score (nSPS) is 11.3. The van der Waals surface area contributed by atoms with Crippen molar-refractivity contribution in [3.63, 3.8) is 0 Å². The van der Waals surface area contributed by atoms with E-state index in [-0.39, 0.29) is 5.75 Å². The van der Waals surface area contributed by atoms with Gasteiger partial charge in [-0.15, -0.1) is 0 Å². The molecule has 0 saturated carbocycles. The van der Waals surface area contributed by atoms with Crippen molar-refractivity contribution in [3.8, 4) is 11.8 Å². The predicted octanol–water partition coefficient (Wildman–Crippen LogP) is 3.10. The van der Waals surface area contributed by atoms with E-state index in [9.17, 15) is 9.18 Å². The fourth-order valence-corrected chi connectivity index (χ4v) is 1.71. The van der Waals surface area contributed by atoms with Gasteiger partial charge in [-0.2, -0.15) is 5.26 Å². The van der Waals surface area contributed by atoms with Gasteiger partial charge in [0.05, 0.1) is 11.3 Å². The van der Waals surface area contributed by atoms with E-state index in [1.165, 1.54) is 25.1 Å². The molecular formula is C16H13FN2O2. The first-order valence-corrected chi connectivity index (χ1v) is 6.33. The van der Waals surface area contributed by atoms with Gasteiger partial charge < -0.3 is 10.1 Å². The van der Waals surface area contributed by atoms with Crippen LogP contribution >= 0.6 is 0 Å². The van der Waals surface area contributed by atoms with Crippen LogP contribution < -0.4 is 10.1 Å². The van der Waals surface area contributed by atoms with Gasteiger partial charge in [0.2, 0.25) is 0 Å². The topological polar surface area (TPSA) is 62.1 Å². The number of nitrogens with zero attached hydrogens (tertiary/aromatic N) is 1. The highest BCUT2D eigenvalue weighted by atomic mass is 19.1. The van der Waals surface area contributed by atoms with E-state index in [0.717, 1.165) is 0 Å². The van der Waals surface area contributed by atoms with E-state index in [0.29, 0.717) is 11.3 Å². The molecule has 4 nitrogen and oxygen atoms in total. The number of hydrogen-bond acceptors (Lipinski definition) is 3. The second kappa shape index (κ2) is 6.53. The summed E-state index contributed by atoms with van der Waals surface area (Å²) >= 11 is 0. The number of rotatable bonds is 4. The number of amides is 1. The standard InChI is InChI=1S/C16H13FN2O2/c1-11(21-15-9-5-3-7-13(15)17)16(20)19-14-8-4-2-6-12(14)10-18/h2-9,11H,1H3,(H,19,20). The highest BCUT2D eigenvalue weighted by molar-refractivity contribution is 5.95. The number of carbonyl (C=O) groups excluding carboxylic acids is 1. The van der Waals surface area contributed by atoms with Crippen molar-refractivity contribution < 1.29 is 13.9 Å². The Bertz CT molecular complexity index is 695. The lowest BCUT2D eigenvalue weighted by Gasteiger charge is -2.15. The van der Waals surface area contributed by atoms with Crippen molar-refractivity contribution in [2.45, 2.75) is 13.0 Å². The Labute approximate surface area is 121 Å². The number of benzene rings is 2. The second-order valence-corrected chi connectivity index (χ2v) is 4.34. The number of ether oxygens (including phenoxy) is 1. The van der Waals surface area contributed by atoms with Crippen LogP contribution in [0, 0.1) is 17.1 Å². The first-order valence-electron chi connectivity index (χ1n) is 6.33. The molecule has 0 aromatic heterocycles. The zero-order valence-corrected chi connectivity index (χ0v) is 11.3. The van der Waals surface area contributed by atoms with Gasteiger partial charge in [-0.3, -0.25) is 4.79 Å². The van der Waals surface area contributed by atoms with Gasteiger partial charge in [0.25, 0.3) is 5.91 Å².